The fraction of sp³-hybridized carbons (Fsp3) is 0.176. The Bertz CT molecular complexity index is 996. The number of hydrogen-bond acceptors (Lipinski definition) is 7. The number of anilines is 2. The molecule has 0 aliphatic heterocycles. The average Bonchev–Trinajstić information content (AvgIpc) is 3.10. The second-order valence-corrected chi connectivity index (χ2v) is 6.08. The zero-order valence-electron chi connectivity index (χ0n) is 15.1. The van der Waals surface area contributed by atoms with Crippen molar-refractivity contribution >= 4 is 23.7 Å². The van der Waals surface area contributed by atoms with Gasteiger partial charge in [0, 0.05) is 18.0 Å². The van der Waals surface area contributed by atoms with Gasteiger partial charge in [-0.05, 0) is 23.8 Å². The molecule has 3 rings (SSSR count). The van der Waals surface area contributed by atoms with Gasteiger partial charge in [-0.2, -0.15) is 18.3 Å². The molecule has 3 aromatic rings. The van der Waals surface area contributed by atoms with Crippen LogP contribution in [0.2, 0.25) is 0 Å². The van der Waals surface area contributed by atoms with Crippen molar-refractivity contribution in [2.45, 2.75) is 19.3 Å². The number of aliphatic imine (C=N–C) groups is 1. The number of pyridine rings is 2. The third-order valence-electron chi connectivity index (χ3n) is 3.82. The van der Waals surface area contributed by atoms with Crippen molar-refractivity contribution in [1.29, 1.82) is 0 Å². The molecule has 0 saturated heterocycles. The number of aromatic nitrogens is 4. The second-order valence-electron chi connectivity index (χ2n) is 6.08. The first kappa shape index (κ1) is 20.1. The van der Waals surface area contributed by atoms with Gasteiger partial charge in [0.2, 0.25) is 0 Å². The van der Waals surface area contributed by atoms with Crippen LogP contribution in [0.25, 0.3) is 11.3 Å². The lowest BCUT2D eigenvalue weighted by molar-refractivity contribution is -0.142. The molecule has 0 aliphatic rings. The van der Waals surface area contributed by atoms with Crippen LogP contribution >= 0.6 is 0 Å². The molecular weight excluding hydrogens is 387 g/mol. The van der Waals surface area contributed by atoms with Gasteiger partial charge in [0.05, 0.1) is 30.5 Å². The standard InChI is InChI=1S/C17H18F3N9/c18-17(19,20)9-28-8-12(6-26-28)14-3-2-13(22)16(27-14)29(23)7-11-1-4-15(24-5-11)25-10-21/h1-6,8,10H,7,9,22-23H2,(H2,21,24,25). The highest BCUT2D eigenvalue weighted by atomic mass is 19.4. The third-order valence-corrected chi connectivity index (χ3v) is 3.82. The fourth-order valence-corrected chi connectivity index (χ4v) is 2.55. The van der Waals surface area contributed by atoms with E-state index in [1.165, 1.54) is 17.4 Å². The van der Waals surface area contributed by atoms with Crippen molar-refractivity contribution in [3.05, 3.63) is 48.4 Å². The maximum Gasteiger partial charge on any atom is 0.408 e. The van der Waals surface area contributed by atoms with Crippen LogP contribution in [0.3, 0.4) is 0 Å². The van der Waals surface area contributed by atoms with E-state index >= 15 is 0 Å². The minimum Gasteiger partial charge on any atom is -0.396 e. The summed E-state index contributed by atoms with van der Waals surface area (Å²) in [6.45, 7) is -0.942. The lowest BCUT2D eigenvalue weighted by Gasteiger charge is -2.20. The highest BCUT2D eigenvalue weighted by molar-refractivity contribution is 5.69. The van der Waals surface area contributed by atoms with Crippen molar-refractivity contribution < 1.29 is 13.2 Å². The van der Waals surface area contributed by atoms with Gasteiger partial charge in [-0.3, -0.25) is 9.69 Å². The van der Waals surface area contributed by atoms with E-state index in [4.69, 9.17) is 17.3 Å². The fourth-order valence-electron chi connectivity index (χ4n) is 2.55. The monoisotopic (exact) mass is 405 g/mol. The molecule has 0 atom stereocenters. The highest BCUT2D eigenvalue weighted by Crippen LogP contribution is 2.26. The van der Waals surface area contributed by atoms with Crippen LogP contribution in [0, 0.1) is 0 Å². The van der Waals surface area contributed by atoms with Crippen molar-refractivity contribution in [2.24, 2.45) is 16.6 Å². The quantitative estimate of drug-likeness (QED) is 0.247. The normalized spacial score (nSPS) is 11.9. The molecule has 3 heterocycles. The average molecular weight is 405 g/mol. The summed E-state index contributed by atoms with van der Waals surface area (Å²) in [5.74, 6) is 6.83. The molecule has 0 spiro atoms. The SMILES string of the molecule is NC=Nc1ccc(CN(N)c2nc(-c3cnn(CC(F)(F)F)c3)ccc2N)cn1. The first-order chi connectivity index (χ1) is 13.7. The first-order valence-electron chi connectivity index (χ1n) is 8.32. The van der Waals surface area contributed by atoms with Gasteiger partial charge < -0.3 is 11.5 Å². The Labute approximate surface area is 163 Å². The maximum atomic E-state index is 12.5. The molecule has 152 valence electrons. The topological polar surface area (TPSA) is 137 Å². The van der Waals surface area contributed by atoms with E-state index < -0.39 is 12.7 Å². The van der Waals surface area contributed by atoms with Gasteiger partial charge in [0.1, 0.15) is 6.54 Å². The minimum atomic E-state index is -4.36. The van der Waals surface area contributed by atoms with Gasteiger partial charge >= 0.3 is 6.18 Å². The zero-order valence-corrected chi connectivity index (χ0v) is 15.1. The van der Waals surface area contributed by atoms with Crippen LogP contribution in [0.4, 0.5) is 30.5 Å². The van der Waals surface area contributed by atoms with Crippen molar-refractivity contribution in [3.63, 3.8) is 0 Å². The molecule has 0 aromatic carbocycles. The Morgan fingerprint density at radius 2 is 1.97 bits per heavy atom. The smallest absolute Gasteiger partial charge is 0.396 e. The van der Waals surface area contributed by atoms with Gasteiger partial charge in [0.25, 0.3) is 0 Å². The molecule has 9 nitrogen and oxygen atoms in total. The van der Waals surface area contributed by atoms with Gasteiger partial charge in [0.15, 0.2) is 11.6 Å². The molecule has 0 amide bonds. The van der Waals surface area contributed by atoms with E-state index in [2.05, 4.69) is 20.1 Å². The van der Waals surface area contributed by atoms with Gasteiger partial charge in [-0.25, -0.2) is 20.8 Å². The lowest BCUT2D eigenvalue weighted by Crippen LogP contribution is -2.31. The van der Waals surface area contributed by atoms with E-state index in [1.807, 2.05) is 0 Å². The molecule has 0 unspecified atom stereocenters. The van der Waals surface area contributed by atoms with Crippen molar-refractivity contribution in [3.8, 4) is 11.3 Å². The molecule has 0 radical (unpaired) electrons. The minimum absolute atomic E-state index is 0.244. The van der Waals surface area contributed by atoms with E-state index in [0.29, 0.717) is 22.8 Å². The summed E-state index contributed by atoms with van der Waals surface area (Å²) in [4.78, 5) is 12.4. The number of alkyl halides is 3. The molecule has 29 heavy (non-hydrogen) atoms. The summed E-state index contributed by atoms with van der Waals surface area (Å²) >= 11 is 0. The largest absolute Gasteiger partial charge is 0.408 e. The lowest BCUT2D eigenvalue weighted by atomic mass is 10.2. The number of hydrazine groups is 1. The number of hydrogen-bond donors (Lipinski definition) is 3. The predicted octanol–water partition coefficient (Wildman–Crippen LogP) is 1.98. The summed E-state index contributed by atoms with van der Waals surface area (Å²) in [6.07, 6.45) is 0.927. The first-order valence-corrected chi connectivity index (χ1v) is 8.32. The Morgan fingerprint density at radius 3 is 2.62 bits per heavy atom. The third kappa shape index (κ3) is 5.19. The Hall–Kier alpha value is -3.67. The van der Waals surface area contributed by atoms with E-state index in [9.17, 15) is 13.2 Å². The Balaban J connectivity index is 1.79. The van der Waals surface area contributed by atoms with Crippen LogP contribution in [0.5, 0.6) is 0 Å². The number of rotatable bonds is 6. The summed E-state index contributed by atoms with van der Waals surface area (Å²) < 4.78 is 38.3. The molecule has 6 N–H and O–H groups in total. The summed E-state index contributed by atoms with van der Waals surface area (Å²) in [5, 5.41) is 5.04. The van der Waals surface area contributed by atoms with Crippen LogP contribution in [-0.2, 0) is 13.1 Å². The number of nitrogens with zero attached hydrogens (tertiary/aromatic N) is 6. The zero-order chi connectivity index (χ0) is 21.0. The predicted molar refractivity (Wildman–Crippen MR) is 103 cm³/mol. The molecule has 0 bridgehead atoms. The number of nitrogens with two attached hydrogens (primary N) is 3. The maximum absolute atomic E-state index is 12.5. The van der Waals surface area contributed by atoms with E-state index in [0.717, 1.165) is 16.6 Å². The van der Waals surface area contributed by atoms with Crippen molar-refractivity contribution in [2.75, 3.05) is 10.7 Å². The highest BCUT2D eigenvalue weighted by Gasteiger charge is 2.28. The van der Waals surface area contributed by atoms with Crippen LogP contribution in [-0.4, -0.2) is 32.3 Å². The summed E-state index contributed by atoms with van der Waals surface area (Å²) in [7, 11) is 0. The second kappa shape index (κ2) is 8.14. The number of halogens is 3. The molecular formula is C17H18F3N9. The molecule has 12 heteroatoms. The van der Waals surface area contributed by atoms with Gasteiger partial charge in [-0.1, -0.05) is 6.07 Å². The van der Waals surface area contributed by atoms with Gasteiger partial charge in [-0.15, -0.1) is 0 Å². The van der Waals surface area contributed by atoms with E-state index in [-0.39, 0.29) is 12.4 Å². The van der Waals surface area contributed by atoms with Crippen LogP contribution in [0.1, 0.15) is 5.56 Å². The summed E-state index contributed by atoms with van der Waals surface area (Å²) in [6, 6.07) is 6.61. The molecule has 0 aliphatic carbocycles. The molecule has 0 saturated carbocycles. The Kier molecular flexibility index (Phi) is 5.64. The molecule has 0 fully saturated rings. The number of nitrogen functional groups attached to an aromatic ring is 1. The summed E-state index contributed by atoms with van der Waals surface area (Å²) in [5.41, 5.74) is 13.1. The van der Waals surface area contributed by atoms with E-state index in [1.54, 1.807) is 30.5 Å². The van der Waals surface area contributed by atoms with Crippen molar-refractivity contribution in [1.82, 2.24) is 19.7 Å². The Morgan fingerprint density at radius 1 is 1.17 bits per heavy atom. The molecule has 3 aromatic heterocycles. The van der Waals surface area contributed by atoms with Crippen LogP contribution in [0.15, 0.2) is 47.8 Å². The van der Waals surface area contributed by atoms with Crippen LogP contribution < -0.4 is 22.3 Å².